The predicted molar refractivity (Wildman–Crippen MR) is 218 cm³/mol. The third-order valence-corrected chi connectivity index (χ3v) is 11.0. The third kappa shape index (κ3) is 25.1. The molecular weight excluding hydrogens is 593 g/mol. The van der Waals surface area contributed by atoms with Crippen molar-refractivity contribution in [1.82, 2.24) is 4.57 Å². The highest BCUT2D eigenvalue weighted by molar-refractivity contribution is 5.15. The molecule has 0 bridgehead atoms. The fourth-order valence-electron chi connectivity index (χ4n) is 7.75. The molecule has 0 atom stereocenters. The topological polar surface area (TPSA) is 8.81 Å². The van der Waals surface area contributed by atoms with Crippen LogP contribution < -0.4 is 4.57 Å². The summed E-state index contributed by atoms with van der Waals surface area (Å²) in [6.07, 6.45) is 53.4. The predicted octanol–water partition coefficient (Wildman–Crippen LogP) is 15.3. The van der Waals surface area contributed by atoms with Crippen LogP contribution >= 0.6 is 0 Å². The minimum absolute atomic E-state index is 1.00. The highest BCUT2D eigenvalue weighted by Crippen LogP contribution is 2.16. The number of unbranched alkanes of at least 4 members (excludes halogenated alkanes) is 31. The average molecular weight is 678 g/mol. The van der Waals surface area contributed by atoms with Gasteiger partial charge in [-0.2, -0.15) is 0 Å². The number of aryl methyl sites for hydroxylation is 1. The summed E-state index contributed by atoms with van der Waals surface area (Å²) in [4.78, 5) is 0. The maximum atomic E-state index is 2.60. The van der Waals surface area contributed by atoms with Gasteiger partial charge in [0.15, 0.2) is 0 Å². The van der Waals surface area contributed by atoms with Crippen LogP contribution in [0.25, 0.3) is 0 Å². The third-order valence-electron chi connectivity index (χ3n) is 11.0. The second-order valence-electron chi connectivity index (χ2n) is 15.7. The normalized spacial score (nSPS) is 11.6. The molecule has 49 heavy (non-hydrogen) atoms. The molecule has 0 radical (unpaired) electrons. The van der Waals surface area contributed by atoms with Crippen molar-refractivity contribution in [2.45, 2.75) is 245 Å². The average Bonchev–Trinajstić information content (AvgIpc) is 3.50. The van der Waals surface area contributed by atoms with Gasteiger partial charge in [0.1, 0.15) is 18.9 Å². The smallest absolute Gasteiger partial charge is 0.234 e. The first-order valence-corrected chi connectivity index (χ1v) is 22.5. The van der Waals surface area contributed by atoms with E-state index in [-0.39, 0.29) is 0 Å². The van der Waals surface area contributed by atoms with Gasteiger partial charge in [-0.25, -0.2) is 9.13 Å². The Balaban J connectivity index is 1.52. The number of nitrogens with zero attached hydrogens (tertiary/aromatic N) is 2. The van der Waals surface area contributed by atoms with E-state index in [1.807, 2.05) is 0 Å². The Morgan fingerprint density at radius 3 is 1.14 bits per heavy atom. The van der Waals surface area contributed by atoms with E-state index in [0.29, 0.717) is 0 Å². The molecule has 2 heteroatoms. The Hall–Kier alpha value is -1.57. The number of rotatable bonds is 37. The van der Waals surface area contributed by atoms with Crippen LogP contribution in [0.3, 0.4) is 0 Å². The molecule has 1 aromatic heterocycles. The fraction of sp³-hybridized carbons (Fsp3) is 0.809. The van der Waals surface area contributed by atoms with E-state index in [0.717, 1.165) is 6.54 Å². The van der Waals surface area contributed by atoms with Crippen molar-refractivity contribution in [2.75, 3.05) is 0 Å². The zero-order valence-electron chi connectivity index (χ0n) is 33.4. The first-order valence-electron chi connectivity index (χ1n) is 22.5. The second-order valence-corrected chi connectivity index (χ2v) is 15.7. The van der Waals surface area contributed by atoms with Gasteiger partial charge in [0.2, 0.25) is 0 Å². The van der Waals surface area contributed by atoms with Gasteiger partial charge in [-0.05, 0) is 24.8 Å². The second kappa shape index (κ2) is 33.6. The first kappa shape index (κ1) is 43.6. The van der Waals surface area contributed by atoms with Gasteiger partial charge >= 0.3 is 0 Å². The Kier molecular flexibility index (Phi) is 29.9. The summed E-state index contributed by atoms with van der Waals surface area (Å²) in [6.45, 7) is 6.81. The van der Waals surface area contributed by atoms with Gasteiger partial charge in [0.25, 0.3) is 5.82 Å². The number of benzene rings is 1. The molecule has 282 valence electrons. The van der Waals surface area contributed by atoms with E-state index in [2.05, 4.69) is 65.7 Å². The molecule has 0 saturated heterocycles. The molecule has 0 N–H and O–H groups in total. The summed E-state index contributed by atoms with van der Waals surface area (Å²) in [6, 6.07) is 11.0. The van der Waals surface area contributed by atoms with Crippen LogP contribution in [0.15, 0.2) is 42.7 Å². The van der Waals surface area contributed by atoms with E-state index in [1.165, 1.54) is 230 Å². The van der Waals surface area contributed by atoms with E-state index in [1.54, 1.807) is 5.82 Å². The lowest BCUT2D eigenvalue weighted by Gasteiger charge is -2.07. The Morgan fingerprint density at radius 1 is 0.408 bits per heavy atom. The van der Waals surface area contributed by atoms with E-state index < -0.39 is 0 Å². The number of aromatic nitrogens is 2. The van der Waals surface area contributed by atoms with Gasteiger partial charge < -0.3 is 0 Å². The molecule has 0 spiro atoms. The molecule has 1 heterocycles. The van der Waals surface area contributed by atoms with Gasteiger partial charge in [-0.15, -0.1) is 0 Å². The minimum Gasteiger partial charge on any atom is -0.234 e. The van der Waals surface area contributed by atoms with Crippen LogP contribution in [0.1, 0.15) is 237 Å². The van der Waals surface area contributed by atoms with E-state index >= 15 is 0 Å². The van der Waals surface area contributed by atoms with Crippen molar-refractivity contribution < 1.29 is 4.57 Å². The fourth-order valence-corrected chi connectivity index (χ4v) is 7.75. The maximum absolute atomic E-state index is 2.60. The van der Waals surface area contributed by atoms with Crippen LogP contribution in [0.2, 0.25) is 0 Å². The molecule has 2 nitrogen and oxygen atoms in total. The highest BCUT2D eigenvalue weighted by Gasteiger charge is 2.17. The molecule has 2 rings (SSSR count). The van der Waals surface area contributed by atoms with Crippen molar-refractivity contribution in [3.63, 3.8) is 0 Å². The maximum Gasteiger partial charge on any atom is 0.256 e. The molecule has 0 aliphatic heterocycles. The SMILES string of the molecule is CCCCCCCCCCCCCCCCCCC[n+]1ccn(Cc2ccccc2)c1CCCCCCCCCCCCCCCCCC. The molecule has 0 saturated carbocycles. The highest BCUT2D eigenvalue weighted by atomic mass is 15.1. The van der Waals surface area contributed by atoms with E-state index in [4.69, 9.17) is 0 Å². The van der Waals surface area contributed by atoms with Crippen LogP contribution in [-0.4, -0.2) is 4.57 Å². The van der Waals surface area contributed by atoms with Gasteiger partial charge in [0, 0.05) is 6.42 Å². The van der Waals surface area contributed by atoms with Crippen LogP contribution in [-0.2, 0) is 19.5 Å². The monoisotopic (exact) mass is 678 g/mol. The van der Waals surface area contributed by atoms with Crippen LogP contribution in [0, 0.1) is 0 Å². The van der Waals surface area contributed by atoms with Crippen LogP contribution in [0.5, 0.6) is 0 Å². The van der Waals surface area contributed by atoms with Crippen molar-refractivity contribution in [3.8, 4) is 0 Å². The van der Waals surface area contributed by atoms with Gasteiger partial charge in [-0.3, -0.25) is 0 Å². The first-order chi connectivity index (χ1) is 24.3. The van der Waals surface area contributed by atoms with Crippen molar-refractivity contribution >= 4 is 0 Å². The van der Waals surface area contributed by atoms with Crippen molar-refractivity contribution in [2.24, 2.45) is 0 Å². The molecule has 1 aromatic carbocycles. The summed E-state index contributed by atoms with van der Waals surface area (Å²) in [5, 5.41) is 0. The standard InChI is InChI=1S/C47H85N2/c1-3-5-7-9-11-13-15-17-19-21-23-25-27-29-31-33-38-42-48-43-44-49(45-46-39-35-34-36-40-46)47(48)41-37-32-30-28-26-24-22-20-18-16-14-12-10-8-6-4-2/h34-36,39-40,43-44H,3-33,37-38,41-42,45H2,1-2H3/q+1. The number of hydrogen-bond donors (Lipinski definition) is 0. The Labute approximate surface area is 307 Å². The summed E-state index contributed by atoms with van der Waals surface area (Å²) in [5.41, 5.74) is 1.41. The quantitative estimate of drug-likeness (QED) is 0.0497. The molecule has 0 fully saturated rings. The van der Waals surface area contributed by atoms with Crippen molar-refractivity contribution in [1.29, 1.82) is 0 Å². The summed E-state index contributed by atoms with van der Waals surface area (Å²) < 4.78 is 5.13. The molecule has 0 aliphatic carbocycles. The molecular formula is C47H85N2+. The Morgan fingerprint density at radius 2 is 0.755 bits per heavy atom. The molecule has 0 aliphatic rings. The van der Waals surface area contributed by atoms with Gasteiger partial charge in [0.05, 0.1) is 6.54 Å². The molecule has 0 amide bonds. The number of imidazole rings is 1. The summed E-state index contributed by atoms with van der Waals surface area (Å²) in [7, 11) is 0. The van der Waals surface area contributed by atoms with Crippen molar-refractivity contribution in [3.05, 3.63) is 54.1 Å². The zero-order chi connectivity index (χ0) is 34.7. The zero-order valence-corrected chi connectivity index (χ0v) is 33.4. The molecule has 0 unspecified atom stereocenters. The Bertz CT molecular complexity index is 931. The lowest BCUT2D eigenvalue weighted by Crippen LogP contribution is -2.37. The van der Waals surface area contributed by atoms with Gasteiger partial charge in [-0.1, -0.05) is 237 Å². The summed E-state index contributed by atoms with van der Waals surface area (Å²) in [5.74, 6) is 1.55. The lowest BCUT2D eigenvalue weighted by molar-refractivity contribution is -0.704. The number of hydrogen-bond acceptors (Lipinski definition) is 0. The largest absolute Gasteiger partial charge is 0.256 e. The molecule has 2 aromatic rings. The van der Waals surface area contributed by atoms with Crippen LogP contribution in [0.4, 0.5) is 0 Å². The van der Waals surface area contributed by atoms with E-state index in [9.17, 15) is 0 Å². The summed E-state index contributed by atoms with van der Waals surface area (Å²) >= 11 is 0. The lowest BCUT2D eigenvalue weighted by atomic mass is 10.0. The minimum atomic E-state index is 1.00.